The molecule has 76 valence electrons. The Morgan fingerprint density at radius 3 is 2.93 bits per heavy atom. The summed E-state index contributed by atoms with van der Waals surface area (Å²) in [5.74, 6) is 0.333. The van der Waals surface area contributed by atoms with Crippen molar-refractivity contribution in [2.75, 3.05) is 30.9 Å². The van der Waals surface area contributed by atoms with Crippen LogP contribution < -0.4 is 10.2 Å². The van der Waals surface area contributed by atoms with Gasteiger partial charge >= 0.3 is 0 Å². The zero-order chi connectivity index (χ0) is 10.1. The molecule has 1 aromatic carbocycles. The zero-order valence-electron chi connectivity index (χ0n) is 8.67. The number of phenols is 1. The van der Waals surface area contributed by atoms with Crippen molar-refractivity contribution in [3.05, 3.63) is 17.7 Å². The van der Waals surface area contributed by atoms with E-state index < -0.39 is 0 Å². The molecule has 0 aromatic heterocycles. The predicted octanol–water partition coefficient (Wildman–Crippen LogP) is 1.82. The van der Waals surface area contributed by atoms with Crippen molar-refractivity contribution in [3.8, 4) is 5.75 Å². The molecule has 0 fully saturated rings. The van der Waals surface area contributed by atoms with Crippen LogP contribution in [0, 0.1) is 0 Å². The summed E-state index contributed by atoms with van der Waals surface area (Å²) < 4.78 is 0. The molecule has 0 aliphatic carbocycles. The Labute approximate surface area is 84.4 Å². The van der Waals surface area contributed by atoms with Gasteiger partial charge in [-0.3, -0.25) is 0 Å². The lowest BCUT2D eigenvalue weighted by Crippen LogP contribution is -2.24. The number of phenolic OH excluding ortho intramolecular Hbond substituents is 1. The summed E-state index contributed by atoms with van der Waals surface area (Å²) in [6, 6.07) is 3.89. The third-order valence-corrected chi connectivity index (χ3v) is 2.82. The van der Waals surface area contributed by atoms with Crippen LogP contribution >= 0.6 is 0 Å². The average molecular weight is 192 g/mol. The quantitative estimate of drug-likeness (QED) is 0.666. The zero-order valence-corrected chi connectivity index (χ0v) is 8.67. The van der Waals surface area contributed by atoms with Crippen LogP contribution in [-0.4, -0.2) is 25.7 Å². The Hall–Kier alpha value is -1.38. The lowest BCUT2D eigenvalue weighted by molar-refractivity contribution is 0.477. The van der Waals surface area contributed by atoms with Crippen LogP contribution in [0.15, 0.2) is 12.1 Å². The summed E-state index contributed by atoms with van der Waals surface area (Å²) in [7, 11) is 3.89. The van der Waals surface area contributed by atoms with Gasteiger partial charge in [-0.15, -0.1) is 0 Å². The lowest BCUT2D eigenvalue weighted by atomic mass is 10.0. The van der Waals surface area contributed by atoms with Crippen molar-refractivity contribution in [1.29, 1.82) is 0 Å². The fraction of sp³-hybridized carbons (Fsp3) is 0.455. The van der Waals surface area contributed by atoms with Gasteiger partial charge in [-0.05, 0) is 24.5 Å². The third kappa shape index (κ3) is 1.39. The fourth-order valence-corrected chi connectivity index (χ4v) is 2.01. The molecule has 1 aliphatic rings. The number of nitrogens with one attached hydrogen (secondary N) is 1. The van der Waals surface area contributed by atoms with Crippen LogP contribution in [0.3, 0.4) is 0 Å². The van der Waals surface area contributed by atoms with Crippen LogP contribution in [0.25, 0.3) is 0 Å². The van der Waals surface area contributed by atoms with E-state index in [4.69, 9.17) is 0 Å². The highest BCUT2D eigenvalue weighted by Gasteiger charge is 2.15. The smallest absolute Gasteiger partial charge is 0.140 e. The van der Waals surface area contributed by atoms with Gasteiger partial charge in [-0.25, -0.2) is 0 Å². The summed E-state index contributed by atoms with van der Waals surface area (Å²) in [5.41, 5.74) is 3.30. The highest BCUT2D eigenvalue weighted by Crippen LogP contribution is 2.34. The monoisotopic (exact) mass is 192 g/mol. The van der Waals surface area contributed by atoms with Gasteiger partial charge in [0.05, 0.1) is 5.69 Å². The van der Waals surface area contributed by atoms with Crippen molar-refractivity contribution in [3.63, 3.8) is 0 Å². The number of aryl methyl sites for hydroxylation is 1. The van der Waals surface area contributed by atoms with Gasteiger partial charge in [0.25, 0.3) is 0 Å². The lowest BCUT2D eigenvalue weighted by Gasteiger charge is -2.28. The van der Waals surface area contributed by atoms with Crippen LogP contribution in [0.5, 0.6) is 5.75 Å². The molecule has 0 spiro atoms. The maximum absolute atomic E-state index is 9.70. The molecular formula is C11H16N2O. The minimum absolute atomic E-state index is 0.333. The van der Waals surface area contributed by atoms with E-state index in [2.05, 4.69) is 17.3 Å². The van der Waals surface area contributed by atoms with Gasteiger partial charge < -0.3 is 15.3 Å². The van der Waals surface area contributed by atoms with Crippen molar-refractivity contribution in [2.24, 2.45) is 0 Å². The van der Waals surface area contributed by atoms with Crippen molar-refractivity contribution in [2.45, 2.75) is 12.8 Å². The van der Waals surface area contributed by atoms with Gasteiger partial charge in [0.1, 0.15) is 5.75 Å². The average Bonchev–Trinajstić information content (AvgIpc) is 2.19. The maximum atomic E-state index is 9.70. The minimum Gasteiger partial charge on any atom is -0.506 e. The van der Waals surface area contributed by atoms with E-state index in [-0.39, 0.29) is 0 Å². The number of fused-ring (bicyclic) bond motifs is 1. The summed E-state index contributed by atoms with van der Waals surface area (Å²) in [5, 5.41) is 12.7. The molecule has 0 radical (unpaired) electrons. The molecule has 3 nitrogen and oxygen atoms in total. The molecular weight excluding hydrogens is 176 g/mol. The molecule has 3 heteroatoms. The predicted molar refractivity (Wildman–Crippen MR) is 59.2 cm³/mol. The molecule has 1 aromatic rings. The van der Waals surface area contributed by atoms with E-state index in [1.165, 1.54) is 12.0 Å². The van der Waals surface area contributed by atoms with Crippen LogP contribution in [0.1, 0.15) is 12.0 Å². The molecule has 1 aliphatic heterocycles. The van der Waals surface area contributed by atoms with E-state index in [9.17, 15) is 5.11 Å². The Bertz CT molecular complexity index is 349. The molecule has 0 amide bonds. The van der Waals surface area contributed by atoms with Crippen molar-refractivity contribution < 1.29 is 5.11 Å². The maximum Gasteiger partial charge on any atom is 0.140 e. The molecule has 0 unspecified atom stereocenters. The summed E-state index contributed by atoms with van der Waals surface area (Å²) in [4.78, 5) is 2.19. The van der Waals surface area contributed by atoms with Crippen LogP contribution in [-0.2, 0) is 6.42 Å². The molecule has 0 saturated heterocycles. The first-order valence-electron chi connectivity index (χ1n) is 4.97. The number of hydrogen-bond donors (Lipinski definition) is 2. The number of rotatable bonds is 1. The second-order valence-corrected chi connectivity index (χ2v) is 3.77. The van der Waals surface area contributed by atoms with Gasteiger partial charge in [0, 0.05) is 32.4 Å². The van der Waals surface area contributed by atoms with E-state index in [0.29, 0.717) is 5.75 Å². The van der Waals surface area contributed by atoms with Crippen molar-refractivity contribution >= 4 is 11.4 Å². The minimum atomic E-state index is 0.333. The molecule has 2 rings (SSSR count). The number of anilines is 2. The number of benzene rings is 1. The van der Waals surface area contributed by atoms with Gasteiger partial charge in [-0.1, -0.05) is 0 Å². The van der Waals surface area contributed by atoms with E-state index in [1.807, 2.05) is 19.2 Å². The molecule has 0 saturated carbocycles. The topological polar surface area (TPSA) is 35.5 Å². The van der Waals surface area contributed by atoms with Crippen LogP contribution in [0.4, 0.5) is 11.4 Å². The van der Waals surface area contributed by atoms with Gasteiger partial charge in [0.15, 0.2) is 0 Å². The molecule has 0 bridgehead atoms. The second kappa shape index (κ2) is 3.40. The normalized spacial score (nSPS) is 15.1. The highest BCUT2D eigenvalue weighted by atomic mass is 16.3. The number of hydrogen-bond acceptors (Lipinski definition) is 3. The first kappa shape index (κ1) is 9.19. The number of nitrogens with zero attached hydrogens (tertiary/aromatic N) is 1. The first-order valence-corrected chi connectivity index (χ1v) is 4.97. The van der Waals surface area contributed by atoms with Gasteiger partial charge in [0.2, 0.25) is 0 Å². The fourth-order valence-electron chi connectivity index (χ4n) is 2.01. The Kier molecular flexibility index (Phi) is 2.23. The van der Waals surface area contributed by atoms with Crippen molar-refractivity contribution in [1.82, 2.24) is 0 Å². The summed E-state index contributed by atoms with van der Waals surface area (Å²) in [6.07, 6.45) is 2.30. The molecule has 1 heterocycles. The van der Waals surface area contributed by atoms with E-state index in [1.54, 1.807) is 0 Å². The van der Waals surface area contributed by atoms with E-state index >= 15 is 0 Å². The SMILES string of the molecule is CNc1cc2c(cc1O)N(C)CCC2. The Morgan fingerprint density at radius 1 is 1.43 bits per heavy atom. The Balaban J connectivity index is 2.48. The first-order chi connectivity index (χ1) is 6.72. The summed E-state index contributed by atoms with van der Waals surface area (Å²) >= 11 is 0. The number of aromatic hydroxyl groups is 1. The largest absolute Gasteiger partial charge is 0.506 e. The molecule has 0 atom stereocenters. The standard InChI is InChI=1S/C11H16N2O/c1-12-9-6-8-4-3-5-13(2)10(8)7-11(9)14/h6-7,12,14H,3-5H2,1-2H3. The molecule has 2 N–H and O–H groups in total. The summed E-state index contributed by atoms with van der Waals surface area (Å²) in [6.45, 7) is 1.07. The van der Waals surface area contributed by atoms with E-state index in [0.717, 1.165) is 24.3 Å². The Morgan fingerprint density at radius 2 is 2.21 bits per heavy atom. The van der Waals surface area contributed by atoms with Gasteiger partial charge in [-0.2, -0.15) is 0 Å². The second-order valence-electron chi connectivity index (χ2n) is 3.77. The molecule has 14 heavy (non-hydrogen) atoms. The van der Waals surface area contributed by atoms with Crippen LogP contribution in [0.2, 0.25) is 0 Å². The third-order valence-electron chi connectivity index (χ3n) is 2.82. The highest BCUT2D eigenvalue weighted by molar-refractivity contribution is 5.68.